The molecule has 1 amide bonds. The van der Waals surface area contributed by atoms with Gasteiger partial charge in [0.15, 0.2) is 0 Å². The molecule has 0 spiro atoms. The van der Waals surface area contributed by atoms with Crippen molar-refractivity contribution in [2.24, 2.45) is 0 Å². The zero-order valence-corrected chi connectivity index (χ0v) is 17.9. The molecule has 0 unspecified atom stereocenters. The third-order valence-electron chi connectivity index (χ3n) is 5.17. The Hall–Kier alpha value is -3.55. The normalized spacial score (nSPS) is 11.8. The molecule has 7 heteroatoms. The lowest BCUT2D eigenvalue weighted by atomic mass is 10.0. The van der Waals surface area contributed by atoms with Crippen LogP contribution in [0.3, 0.4) is 0 Å². The highest BCUT2D eigenvalue weighted by Crippen LogP contribution is 2.16. The molecule has 0 aromatic heterocycles. The van der Waals surface area contributed by atoms with Crippen molar-refractivity contribution in [2.45, 2.75) is 25.6 Å². The number of hydrogen-bond acceptors (Lipinski definition) is 6. The number of phenols is 2. The molecule has 0 aliphatic heterocycles. The number of hydrogen-bond donors (Lipinski definition) is 6. The molecule has 0 aliphatic rings. The zero-order chi connectivity index (χ0) is 22.8. The van der Waals surface area contributed by atoms with Crippen LogP contribution in [0.25, 0.3) is 0 Å². The summed E-state index contributed by atoms with van der Waals surface area (Å²) in [5.74, 6) is 0.322. The molecule has 0 bridgehead atoms. The standard InChI is InChI=1S/C25H30N4O3/c26-21-11-9-18(10-12-21)15-22(29-17-20-6-2-4-8-24(20)31)25(32)28-14-13-27-16-19-5-1-3-7-23(19)30/h1-12,22,27,29-31H,13-17,26H2,(H,28,32)/t22-/m1/s1. The number of carbonyl (C=O) groups excluding carboxylic acids is 1. The summed E-state index contributed by atoms with van der Waals surface area (Å²) in [5.41, 5.74) is 8.97. The van der Waals surface area contributed by atoms with Gasteiger partial charge in [-0.05, 0) is 36.2 Å². The van der Waals surface area contributed by atoms with E-state index in [4.69, 9.17) is 5.73 Å². The zero-order valence-electron chi connectivity index (χ0n) is 17.9. The van der Waals surface area contributed by atoms with Crippen molar-refractivity contribution in [1.29, 1.82) is 0 Å². The molecule has 3 aromatic rings. The SMILES string of the molecule is Nc1ccc(C[C@@H](NCc2ccccc2O)C(=O)NCCNCc2ccccc2O)cc1. The number of phenolic OH excluding ortho intramolecular Hbond substituents is 2. The highest BCUT2D eigenvalue weighted by atomic mass is 16.3. The molecule has 0 fully saturated rings. The van der Waals surface area contributed by atoms with Gasteiger partial charge in [0.1, 0.15) is 11.5 Å². The van der Waals surface area contributed by atoms with E-state index < -0.39 is 6.04 Å². The number of nitrogen functional groups attached to an aromatic ring is 1. The Morgan fingerprint density at radius 1 is 0.812 bits per heavy atom. The Kier molecular flexibility index (Phi) is 8.48. The van der Waals surface area contributed by atoms with Crippen LogP contribution in [-0.2, 0) is 24.3 Å². The van der Waals surface area contributed by atoms with Crippen molar-refractivity contribution >= 4 is 11.6 Å². The molecular formula is C25H30N4O3. The third kappa shape index (κ3) is 7.01. The van der Waals surface area contributed by atoms with Gasteiger partial charge in [-0.1, -0.05) is 48.5 Å². The summed E-state index contributed by atoms with van der Waals surface area (Å²) in [5, 5.41) is 29.3. The van der Waals surface area contributed by atoms with Crippen LogP contribution in [0.5, 0.6) is 11.5 Å². The molecule has 168 valence electrons. The molecule has 0 aliphatic carbocycles. The van der Waals surface area contributed by atoms with Gasteiger partial charge < -0.3 is 31.9 Å². The van der Waals surface area contributed by atoms with Crippen molar-refractivity contribution in [3.8, 4) is 11.5 Å². The van der Waals surface area contributed by atoms with E-state index in [2.05, 4.69) is 16.0 Å². The van der Waals surface area contributed by atoms with Crippen LogP contribution < -0.4 is 21.7 Å². The molecule has 32 heavy (non-hydrogen) atoms. The first-order chi connectivity index (χ1) is 15.5. The number of amides is 1. The summed E-state index contributed by atoms with van der Waals surface area (Å²) in [6, 6.07) is 21.2. The van der Waals surface area contributed by atoms with E-state index in [0.717, 1.165) is 16.7 Å². The van der Waals surface area contributed by atoms with Crippen molar-refractivity contribution in [2.75, 3.05) is 18.8 Å². The highest BCUT2D eigenvalue weighted by molar-refractivity contribution is 5.82. The minimum absolute atomic E-state index is 0.124. The van der Waals surface area contributed by atoms with Crippen LogP contribution >= 0.6 is 0 Å². The maximum atomic E-state index is 12.9. The van der Waals surface area contributed by atoms with E-state index in [0.29, 0.717) is 38.3 Å². The fraction of sp³-hybridized carbons (Fsp3) is 0.240. The monoisotopic (exact) mass is 434 g/mol. The minimum Gasteiger partial charge on any atom is -0.508 e. The fourth-order valence-electron chi connectivity index (χ4n) is 3.32. The van der Waals surface area contributed by atoms with E-state index in [1.165, 1.54) is 0 Å². The third-order valence-corrected chi connectivity index (χ3v) is 5.17. The number of para-hydroxylation sites is 2. The van der Waals surface area contributed by atoms with Gasteiger partial charge in [-0.25, -0.2) is 0 Å². The maximum absolute atomic E-state index is 12.9. The molecule has 7 nitrogen and oxygen atoms in total. The highest BCUT2D eigenvalue weighted by Gasteiger charge is 2.18. The van der Waals surface area contributed by atoms with Gasteiger partial charge in [0.25, 0.3) is 0 Å². The summed E-state index contributed by atoms with van der Waals surface area (Å²) in [6.45, 7) is 1.89. The van der Waals surface area contributed by atoms with Crippen molar-refractivity contribution in [3.05, 3.63) is 89.5 Å². The Labute approximate surface area is 188 Å². The molecule has 1 atom stereocenters. The summed E-state index contributed by atoms with van der Waals surface area (Å²) in [7, 11) is 0. The number of benzene rings is 3. The van der Waals surface area contributed by atoms with E-state index in [1.54, 1.807) is 24.3 Å². The lowest BCUT2D eigenvalue weighted by Crippen LogP contribution is -2.46. The Morgan fingerprint density at radius 2 is 1.41 bits per heavy atom. The topological polar surface area (TPSA) is 120 Å². The second-order valence-corrected chi connectivity index (χ2v) is 7.60. The van der Waals surface area contributed by atoms with Gasteiger partial charge in [-0.3, -0.25) is 4.79 Å². The van der Waals surface area contributed by atoms with E-state index in [1.807, 2.05) is 48.5 Å². The summed E-state index contributed by atoms with van der Waals surface area (Å²) in [6.07, 6.45) is 0.491. The maximum Gasteiger partial charge on any atom is 0.237 e. The number of rotatable bonds is 11. The first-order valence-electron chi connectivity index (χ1n) is 10.6. The second-order valence-electron chi connectivity index (χ2n) is 7.60. The van der Waals surface area contributed by atoms with Gasteiger partial charge in [0.2, 0.25) is 5.91 Å². The van der Waals surface area contributed by atoms with Gasteiger partial charge in [-0.15, -0.1) is 0 Å². The number of nitrogens with two attached hydrogens (primary N) is 1. The Balaban J connectivity index is 1.53. The van der Waals surface area contributed by atoms with Crippen molar-refractivity contribution in [1.82, 2.24) is 16.0 Å². The molecular weight excluding hydrogens is 404 g/mol. The molecule has 7 N–H and O–H groups in total. The van der Waals surface area contributed by atoms with Crippen LogP contribution in [0.1, 0.15) is 16.7 Å². The Morgan fingerprint density at radius 3 is 2.03 bits per heavy atom. The van der Waals surface area contributed by atoms with Crippen LogP contribution in [-0.4, -0.2) is 35.3 Å². The van der Waals surface area contributed by atoms with Gasteiger partial charge in [-0.2, -0.15) is 0 Å². The molecule has 3 rings (SSSR count). The Bertz CT molecular complexity index is 1010. The van der Waals surface area contributed by atoms with Gasteiger partial charge >= 0.3 is 0 Å². The molecule has 0 heterocycles. The van der Waals surface area contributed by atoms with Crippen LogP contribution in [0.2, 0.25) is 0 Å². The first-order valence-corrected chi connectivity index (χ1v) is 10.6. The lowest BCUT2D eigenvalue weighted by molar-refractivity contribution is -0.123. The van der Waals surface area contributed by atoms with Gasteiger partial charge in [0.05, 0.1) is 6.04 Å². The number of anilines is 1. The molecule has 0 radical (unpaired) electrons. The average molecular weight is 435 g/mol. The number of carbonyl (C=O) groups is 1. The van der Waals surface area contributed by atoms with Crippen LogP contribution in [0.15, 0.2) is 72.8 Å². The minimum atomic E-state index is -0.476. The quantitative estimate of drug-likeness (QED) is 0.204. The van der Waals surface area contributed by atoms with E-state index in [-0.39, 0.29) is 17.4 Å². The summed E-state index contributed by atoms with van der Waals surface area (Å²) in [4.78, 5) is 12.9. The van der Waals surface area contributed by atoms with Crippen molar-refractivity contribution in [3.63, 3.8) is 0 Å². The van der Waals surface area contributed by atoms with Crippen LogP contribution in [0.4, 0.5) is 5.69 Å². The fourth-order valence-corrected chi connectivity index (χ4v) is 3.32. The molecule has 0 saturated heterocycles. The largest absolute Gasteiger partial charge is 0.508 e. The predicted octanol–water partition coefficient (Wildman–Crippen LogP) is 2.29. The second kappa shape index (κ2) is 11.7. The lowest BCUT2D eigenvalue weighted by Gasteiger charge is -2.19. The van der Waals surface area contributed by atoms with Crippen LogP contribution in [0, 0.1) is 0 Å². The first kappa shape index (κ1) is 23.1. The average Bonchev–Trinajstić information content (AvgIpc) is 2.79. The summed E-state index contributed by atoms with van der Waals surface area (Å²) >= 11 is 0. The van der Waals surface area contributed by atoms with Gasteiger partial charge in [0, 0.05) is 43.0 Å². The van der Waals surface area contributed by atoms with E-state index in [9.17, 15) is 15.0 Å². The summed E-state index contributed by atoms with van der Waals surface area (Å²) < 4.78 is 0. The predicted molar refractivity (Wildman–Crippen MR) is 126 cm³/mol. The smallest absolute Gasteiger partial charge is 0.237 e. The van der Waals surface area contributed by atoms with E-state index >= 15 is 0 Å². The number of nitrogens with one attached hydrogen (secondary N) is 3. The molecule has 3 aromatic carbocycles. The number of aromatic hydroxyl groups is 2. The molecule has 0 saturated carbocycles. The van der Waals surface area contributed by atoms with Crippen molar-refractivity contribution < 1.29 is 15.0 Å².